The van der Waals surface area contributed by atoms with Gasteiger partial charge in [-0.2, -0.15) is 18.4 Å². The molecule has 6 nitrogen and oxygen atoms in total. The van der Waals surface area contributed by atoms with Crippen molar-refractivity contribution in [2.45, 2.75) is 6.18 Å². The number of ether oxygens (including phenoxy) is 1. The molecule has 176 valence electrons. The Morgan fingerprint density at radius 1 is 0.943 bits per heavy atom. The molecule has 1 saturated heterocycles. The summed E-state index contributed by atoms with van der Waals surface area (Å²) >= 11 is 0. The van der Waals surface area contributed by atoms with Gasteiger partial charge in [0.1, 0.15) is 17.3 Å². The number of nitriles is 1. The second-order valence-corrected chi connectivity index (χ2v) is 8.19. The van der Waals surface area contributed by atoms with Crippen molar-refractivity contribution in [1.29, 1.82) is 5.26 Å². The summed E-state index contributed by atoms with van der Waals surface area (Å²) < 4.78 is 45.9. The molecule has 3 aromatic rings. The maximum atomic E-state index is 13.3. The predicted molar refractivity (Wildman–Crippen MR) is 123 cm³/mol. The Morgan fingerprint density at radius 2 is 1.71 bits per heavy atom. The van der Waals surface area contributed by atoms with E-state index in [9.17, 15) is 18.0 Å². The Morgan fingerprint density at radius 3 is 2.46 bits per heavy atom. The summed E-state index contributed by atoms with van der Waals surface area (Å²) in [4.78, 5) is 21.2. The van der Waals surface area contributed by atoms with Gasteiger partial charge in [-0.1, -0.05) is 18.2 Å². The minimum Gasteiger partial charge on any atom is -0.454 e. The highest BCUT2D eigenvalue weighted by molar-refractivity contribution is 6.04. The molecule has 2 heterocycles. The van der Waals surface area contributed by atoms with Crippen LogP contribution in [0.25, 0.3) is 0 Å². The zero-order chi connectivity index (χ0) is 24.6. The number of hydrogen-bond acceptors (Lipinski definition) is 5. The third kappa shape index (κ3) is 4.43. The van der Waals surface area contributed by atoms with Gasteiger partial charge in [0, 0.05) is 31.7 Å². The fraction of sp³-hybridized carbons (Fsp3) is 0.192. The first-order valence-corrected chi connectivity index (χ1v) is 10.9. The molecule has 2 aliphatic heterocycles. The molecule has 35 heavy (non-hydrogen) atoms. The third-order valence-corrected chi connectivity index (χ3v) is 5.97. The Hall–Kier alpha value is -4.32. The number of para-hydroxylation sites is 1. The molecule has 3 aromatic carbocycles. The first-order valence-electron chi connectivity index (χ1n) is 10.9. The van der Waals surface area contributed by atoms with E-state index in [1.807, 2.05) is 23.1 Å². The van der Waals surface area contributed by atoms with Crippen LogP contribution in [0.1, 0.15) is 27.0 Å². The van der Waals surface area contributed by atoms with Gasteiger partial charge in [0.2, 0.25) is 0 Å². The Bertz CT molecular complexity index is 1370. The van der Waals surface area contributed by atoms with E-state index in [1.54, 1.807) is 41.3 Å². The van der Waals surface area contributed by atoms with Crippen LogP contribution in [0.4, 0.5) is 18.9 Å². The van der Waals surface area contributed by atoms with E-state index in [-0.39, 0.29) is 17.3 Å². The van der Waals surface area contributed by atoms with Crippen molar-refractivity contribution in [2.24, 2.45) is 4.99 Å². The van der Waals surface area contributed by atoms with Crippen LogP contribution in [0.5, 0.6) is 11.5 Å². The predicted octanol–water partition coefficient (Wildman–Crippen LogP) is 5.22. The lowest BCUT2D eigenvalue weighted by atomic mass is 10.1. The lowest BCUT2D eigenvalue weighted by molar-refractivity contribution is -0.137. The molecule has 9 heteroatoms. The van der Waals surface area contributed by atoms with E-state index in [0.29, 0.717) is 54.5 Å². The molecule has 0 saturated carbocycles. The van der Waals surface area contributed by atoms with Crippen LogP contribution >= 0.6 is 0 Å². The highest BCUT2D eigenvalue weighted by atomic mass is 19.4. The van der Waals surface area contributed by atoms with Crippen LogP contribution in [0.15, 0.2) is 71.7 Å². The van der Waals surface area contributed by atoms with Gasteiger partial charge in [0.05, 0.1) is 22.8 Å². The standard InChI is InChI=1S/C26H19F3N4O2/c27-26(28,29)19-8-9-23-21(15-19)31-24(20-6-1-2-7-22(20)35-23)32-10-12-33(13-11-32)25(34)18-5-3-4-17(14-18)16-30/h1-9,14-15H,10-13H2. The second kappa shape index (κ2) is 8.80. The van der Waals surface area contributed by atoms with Gasteiger partial charge >= 0.3 is 6.18 Å². The largest absolute Gasteiger partial charge is 0.454 e. The summed E-state index contributed by atoms with van der Waals surface area (Å²) in [5.74, 6) is 1.06. The van der Waals surface area contributed by atoms with Crippen molar-refractivity contribution in [3.05, 3.63) is 89.0 Å². The van der Waals surface area contributed by atoms with Gasteiger partial charge in [0.15, 0.2) is 5.75 Å². The van der Waals surface area contributed by atoms with E-state index in [1.165, 1.54) is 6.07 Å². The second-order valence-electron chi connectivity index (χ2n) is 8.19. The van der Waals surface area contributed by atoms with Crippen LogP contribution < -0.4 is 4.74 Å². The minimum absolute atomic E-state index is 0.0952. The number of amides is 1. The number of benzene rings is 3. The SMILES string of the molecule is N#Cc1cccc(C(=O)N2CCN(C3=Nc4cc(C(F)(F)F)ccc4Oc4ccccc43)CC2)c1. The van der Waals surface area contributed by atoms with Gasteiger partial charge in [-0.3, -0.25) is 4.79 Å². The van der Waals surface area contributed by atoms with Crippen molar-refractivity contribution < 1.29 is 22.7 Å². The number of aliphatic imine (C=N–C) groups is 1. The summed E-state index contributed by atoms with van der Waals surface area (Å²) in [7, 11) is 0. The number of carbonyl (C=O) groups is 1. The number of amidine groups is 1. The molecule has 5 rings (SSSR count). The average Bonchev–Trinajstić information content (AvgIpc) is 3.04. The number of hydrogen-bond donors (Lipinski definition) is 0. The first kappa shape index (κ1) is 22.5. The molecule has 0 N–H and O–H groups in total. The fourth-order valence-corrected chi connectivity index (χ4v) is 4.17. The Kier molecular flexibility index (Phi) is 5.65. The fourth-order valence-electron chi connectivity index (χ4n) is 4.17. The summed E-state index contributed by atoms with van der Waals surface area (Å²) in [6.07, 6.45) is -4.50. The van der Waals surface area contributed by atoms with Crippen molar-refractivity contribution in [2.75, 3.05) is 26.2 Å². The lowest BCUT2D eigenvalue weighted by Crippen LogP contribution is -2.50. The minimum atomic E-state index is -4.50. The van der Waals surface area contributed by atoms with E-state index >= 15 is 0 Å². The van der Waals surface area contributed by atoms with Gasteiger partial charge in [-0.15, -0.1) is 0 Å². The monoisotopic (exact) mass is 476 g/mol. The van der Waals surface area contributed by atoms with Crippen LogP contribution in [0, 0.1) is 11.3 Å². The number of halogens is 3. The zero-order valence-corrected chi connectivity index (χ0v) is 18.4. The molecule has 1 amide bonds. The molecule has 0 aliphatic carbocycles. The van der Waals surface area contributed by atoms with Gasteiger partial charge in [-0.25, -0.2) is 4.99 Å². The molecule has 0 spiro atoms. The maximum Gasteiger partial charge on any atom is 0.416 e. The summed E-state index contributed by atoms with van der Waals surface area (Å²) in [5.41, 5.74) is 0.813. The van der Waals surface area contributed by atoms with Crippen LogP contribution in [0.2, 0.25) is 0 Å². The normalized spacial score (nSPS) is 15.2. The number of nitrogens with zero attached hydrogens (tertiary/aromatic N) is 4. The van der Waals surface area contributed by atoms with Crippen LogP contribution in [-0.4, -0.2) is 47.7 Å². The zero-order valence-electron chi connectivity index (χ0n) is 18.4. The Labute approximate surface area is 199 Å². The first-order chi connectivity index (χ1) is 16.8. The van der Waals surface area contributed by atoms with Gasteiger partial charge < -0.3 is 14.5 Å². The van der Waals surface area contributed by atoms with E-state index in [2.05, 4.69) is 4.99 Å². The number of carbonyl (C=O) groups excluding carboxylic acids is 1. The highest BCUT2D eigenvalue weighted by Crippen LogP contribution is 2.41. The van der Waals surface area contributed by atoms with Crippen LogP contribution in [-0.2, 0) is 6.18 Å². The molecule has 0 radical (unpaired) electrons. The maximum absolute atomic E-state index is 13.3. The molecule has 2 aliphatic rings. The van der Waals surface area contributed by atoms with Gasteiger partial charge in [-0.05, 0) is 48.5 Å². The van der Waals surface area contributed by atoms with Crippen molar-refractivity contribution in [3.8, 4) is 17.6 Å². The van der Waals surface area contributed by atoms with Crippen molar-refractivity contribution in [1.82, 2.24) is 9.80 Å². The quantitative estimate of drug-likeness (QED) is 0.483. The summed E-state index contributed by atoms with van der Waals surface area (Å²) in [6.45, 7) is 1.66. The molecule has 0 unspecified atom stereocenters. The number of rotatable bonds is 1. The van der Waals surface area contributed by atoms with Gasteiger partial charge in [0.25, 0.3) is 5.91 Å². The average molecular weight is 476 g/mol. The van der Waals surface area contributed by atoms with E-state index in [4.69, 9.17) is 10.00 Å². The lowest BCUT2D eigenvalue weighted by Gasteiger charge is -2.36. The topological polar surface area (TPSA) is 68.9 Å². The van der Waals surface area contributed by atoms with E-state index in [0.717, 1.165) is 12.1 Å². The smallest absolute Gasteiger partial charge is 0.416 e. The van der Waals surface area contributed by atoms with Crippen molar-refractivity contribution in [3.63, 3.8) is 0 Å². The van der Waals surface area contributed by atoms with Crippen molar-refractivity contribution >= 4 is 17.4 Å². The van der Waals surface area contributed by atoms with E-state index < -0.39 is 11.7 Å². The molecule has 0 bridgehead atoms. The molecule has 0 aromatic heterocycles. The summed E-state index contributed by atoms with van der Waals surface area (Å²) in [6, 6.07) is 19.0. The number of piperazine rings is 1. The third-order valence-electron chi connectivity index (χ3n) is 5.97. The number of alkyl halides is 3. The van der Waals surface area contributed by atoms with Crippen LogP contribution in [0.3, 0.4) is 0 Å². The molecule has 1 fully saturated rings. The summed E-state index contributed by atoms with van der Waals surface area (Å²) in [5, 5.41) is 9.10. The Balaban J connectivity index is 1.43. The number of fused-ring (bicyclic) bond motifs is 2. The highest BCUT2D eigenvalue weighted by Gasteiger charge is 2.33. The molecular formula is C26H19F3N4O2. The molecular weight excluding hydrogens is 457 g/mol. The molecule has 0 atom stereocenters.